The lowest BCUT2D eigenvalue weighted by Crippen LogP contribution is -2.25. The Morgan fingerprint density at radius 1 is 1.27 bits per heavy atom. The lowest BCUT2D eigenvalue weighted by atomic mass is 9.81. The van der Waals surface area contributed by atoms with Crippen LogP contribution in [0.4, 0.5) is 0 Å². The molecule has 132 valence electrons. The molecule has 2 heterocycles. The number of esters is 1. The molecule has 0 amide bonds. The van der Waals surface area contributed by atoms with Crippen molar-refractivity contribution in [3.63, 3.8) is 0 Å². The van der Waals surface area contributed by atoms with Gasteiger partial charge in [0.2, 0.25) is 0 Å². The van der Waals surface area contributed by atoms with Crippen LogP contribution in [0.3, 0.4) is 0 Å². The number of nitrogens with zero attached hydrogens (tertiary/aromatic N) is 1. The van der Waals surface area contributed by atoms with Crippen LogP contribution in [0.2, 0.25) is 0 Å². The highest BCUT2D eigenvalue weighted by Crippen LogP contribution is 2.42. The van der Waals surface area contributed by atoms with Gasteiger partial charge in [0.25, 0.3) is 0 Å². The predicted octanol–water partition coefficient (Wildman–Crippen LogP) is 3.96. The standard InChI is InChI=1S/C21H19NO3S/c1-4-25-20(24)15-7-9-16(22-13-15)8-5-14-6-10-18-17(11-14)21(2,3)12-19(23)26-18/h6-7,9-11,13H,4,12H2,1-3H3. The average molecular weight is 365 g/mol. The smallest absolute Gasteiger partial charge is 0.339 e. The summed E-state index contributed by atoms with van der Waals surface area (Å²) in [5, 5.41) is 0.201. The second kappa shape index (κ2) is 7.35. The number of fused-ring (bicyclic) bond motifs is 1. The fourth-order valence-corrected chi connectivity index (χ4v) is 4.04. The van der Waals surface area contributed by atoms with E-state index in [0.717, 1.165) is 16.0 Å². The maximum absolute atomic E-state index is 11.8. The van der Waals surface area contributed by atoms with E-state index in [1.807, 2.05) is 12.1 Å². The second-order valence-electron chi connectivity index (χ2n) is 6.65. The molecule has 0 fully saturated rings. The van der Waals surface area contributed by atoms with Crippen LogP contribution < -0.4 is 0 Å². The molecule has 1 aliphatic heterocycles. The van der Waals surface area contributed by atoms with Gasteiger partial charge in [0.05, 0.1) is 12.2 Å². The molecule has 1 aromatic heterocycles. The Hall–Kier alpha value is -2.58. The Labute approximate surface area is 157 Å². The van der Waals surface area contributed by atoms with Crippen molar-refractivity contribution in [3.8, 4) is 11.8 Å². The summed E-state index contributed by atoms with van der Waals surface area (Å²) in [6.45, 7) is 6.26. The van der Waals surface area contributed by atoms with Crippen molar-refractivity contribution in [1.82, 2.24) is 4.98 Å². The van der Waals surface area contributed by atoms with Crippen LogP contribution in [-0.4, -0.2) is 22.7 Å². The molecule has 0 radical (unpaired) electrons. The van der Waals surface area contributed by atoms with Gasteiger partial charge in [0, 0.05) is 23.1 Å². The van der Waals surface area contributed by atoms with Crippen molar-refractivity contribution in [2.45, 2.75) is 37.5 Å². The minimum absolute atomic E-state index is 0.186. The maximum atomic E-state index is 11.8. The summed E-state index contributed by atoms with van der Waals surface area (Å²) >= 11 is 1.30. The molecule has 2 aromatic rings. The highest BCUT2D eigenvalue weighted by molar-refractivity contribution is 8.13. The quantitative estimate of drug-likeness (QED) is 0.596. The zero-order valence-corrected chi connectivity index (χ0v) is 15.8. The van der Waals surface area contributed by atoms with E-state index in [0.29, 0.717) is 24.3 Å². The molecule has 1 aromatic carbocycles. The first-order valence-electron chi connectivity index (χ1n) is 8.39. The first kappa shape index (κ1) is 18.2. The van der Waals surface area contributed by atoms with E-state index < -0.39 is 0 Å². The predicted molar refractivity (Wildman–Crippen MR) is 101 cm³/mol. The van der Waals surface area contributed by atoms with E-state index in [1.54, 1.807) is 19.1 Å². The molecule has 4 nitrogen and oxygen atoms in total. The van der Waals surface area contributed by atoms with Crippen molar-refractivity contribution < 1.29 is 14.3 Å². The minimum atomic E-state index is -0.386. The number of hydrogen-bond donors (Lipinski definition) is 0. The van der Waals surface area contributed by atoms with E-state index >= 15 is 0 Å². The van der Waals surface area contributed by atoms with Gasteiger partial charge in [0.1, 0.15) is 5.69 Å². The van der Waals surface area contributed by atoms with Gasteiger partial charge in [-0.2, -0.15) is 0 Å². The molecule has 0 spiro atoms. The van der Waals surface area contributed by atoms with Gasteiger partial charge < -0.3 is 4.74 Å². The summed E-state index contributed by atoms with van der Waals surface area (Å²) in [6, 6.07) is 9.29. The summed E-state index contributed by atoms with van der Waals surface area (Å²) < 4.78 is 4.94. The van der Waals surface area contributed by atoms with Crippen molar-refractivity contribution in [3.05, 3.63) is 58.9 Å². The average Bonchev–Trinajstić information content (AvgIpc) is 2.60. The topological polar surface area (TPSA) is 56.3 Å². The van der Waals surface area contributed by atoms with Crippen LogP contribution >= 0.6 is 11.8 Å². The molecule has 26 heavy (non-hydrogen) atoms. The van der Waals surface area contributed by atoms with Crippen LogP contribution in [-0.2, 0) is 14.9 Å². The molecule has 0 aliphatic carbocycles. The van der Waals surface area contributed by atoms with E-state index in [4.69, 9.17) is 4.74 Å². The Morgan fingerprint density at radius 3 is 2.77 bits per heavy atom. The van der Waals surface area contributed by atoms with E-state index in [2.05, 4.69) is 36.7 Å². The number of pyridine rings is 1. The fourth-order valence-electron chi connectivity index (χ4n) is 2.78. The lowest BCUT2D eigenvalue weighted by molar-refractivity contribution is -0.112. The normalized spacial score (nSPS) is 14.8. The van der Waals surface area contributed by atoms with E-state index in [-0.39, 0.29) is 16.5 Å². The Morgan fingerprint density at radius 2 is 2.08 bits per heavy atom. The molecular formula is C21H19NO3S. The van der Waals surface area contributed by atoms with Gasteiger partial charge in [-0.05, 0) is 54.2 Å². The van der Waals surface area contributed by atoms with Crippen molar-refractivity contribution in [2.75, 3.05) is 6.61 Å². The Bertz CT molecular complexity index is 921. The molecule has 3 rings (SSSR count). The second-order valence-corrected chi connectivity index (χ2v) is 7.75. The van der Waals surface area contributed by atoms with Gasteiger partial charge >= 0.3 is 5.97 Å². The van der Waals surface area contributed by atoms with Crippen LogP contribution in [0.25, 0.3) is 0 Å². The first-order valence-corrected chi connectivity index (χ1v) is 9.21. The number of aromatic nitrogens is 1. The summed E-state index contributed by atoms with van der Waals surface area (Å²) in [7, 11) is 0. The third-order valence-corrected chi connectivity index (χ3v) is 5.08. The highest BCUT2D eigenvalue weighted by atomic mass is 32.2. The van der Waals surface area contributed by atoms with Gasteiger partial charge in [-0.3, -0.25) is 4.79 Å². The SMILES string of the molecule is CCOC(=O)c1ccc(C#Cc2ccc3c(c2)C(C)(C)CC(=O)S3)nc1. The molecule has 5 heteroatoms. The van der Waals surface area contributed by atoms with Crippen molar-refractivity contribution in [1.29, 1.82) is 0 Å². The minimum Gasteiger partial charge on any atom is -0.462 e. The maximum Gasteiger partial charge on any atom is 0.339 e. The zero-order chi connectivity index (χ0) is 18.7. The van der Waals surface area contributed by atoms with Crippen LogP contribution in [0.5, 0.6) is 0 Å². The Balaban J connectivity index is 1.83. The van der Waals surface area contributed by atoms with Gasteiger partial charge in [-0.15, -0.1) is 0 Å². The summed E-state index contributed by atoms with van der Waals surface area (Å²) in [5.41, 5.74) is 2.84. The third-order valence-electron chi connectivity index (χ3n) is 4.13. The molecule has 0 unspecified atom stereocenters. The van der Waals surface area contributed by atoms with E-state index in [9.17, 15) is 9.59 Å². The molecule has 0 saturated carbocycles. The highest BCUT2D eigenvalue weighted by Gasteiger charge is 2.32. The summed E-state index contributed by atoms with van der Waals surface area (Å²) in [4.78, 5) is 28.7. The number of thioether (sulfide) groups is 1. The fraction of sp³-hybridized carbons (Fsp3) is 0.286. The first-order chi connectivity index (χ1) is 12.4. The largest absolute Gasteiger partial charge is 0.462 e. The molecule has 1 aliphatic rings. The van der Waals surface area contributed by atoms with Crippen molar-refractivity contribution >= 4 is 22.8 Å². The van der Waals surface area contributed by atoms with Crippen molar-refractivity contribution in [2.24, 2.45) is 0 Å². The molecule has 0 bridgehead atoms. The van der Waals surface area contributed by atoms with Gasteiger partial charge in [-0.25, -0.2) is 9.78 Å². The zero-order valence-electron chi connectivity index (χ0n) is 15.0. The third kappa shape index (κ3) is 3.97. The van der Waals surface area contributed by atoms with Crippen LogP contribution in [0.1, 0.15) is 54.4 Å². The number of rotatable bonds is 2. The molecule has 0 atom stereocenters. The monoisotopic (exact) mass is 365 g/mol. The van der Waals surface area contributed by atoms with Crippen LogP contribution in [0.15, 0.2) is 41.4 Å². The van der Waals surface area contributed by atoms with Gasteiger partial charge in [-0.1, -0.05) is 31.5 Å². The molecule has 0 N–H and O–H groups in total. The van der Waals surface area contributed by atoms with Gasteiger partial charge in [0.15, 0.2) is 5.12 Å². The number of benzene rings is 1. The number of carbonyl (C=O) groups excluding carboxylic acids is 2. The summed E-state index contributed by atoms with van der Waals surface area (Å²) in [6.07, 6.45) is 2.00. The summed E-state index contributed by atoms with van der Waals surface area (Å²) in [5.74, 6) is 5.74. The van der Waals surface area contributed by atoms with E-state index in [1.165, 1.54) is 18.0 Å². The molecular weight excluding hydrogens is 346 g/mol. The molecule has 0 saturated heterocycles. The lowest BCUT2D eigenvalue weighted by Gasteiger charge is -2.30. The number of carbonyl (C=O) groups is 2. The Kier molecular flexibility index (Phi) is 5.15. The number of ether oxygens (including phenoxy) is 1. The van der Waals surface area contributed by atoms with Crippen LogP contribution in [0, 0.1) is 11.8 Å². The number of hydrogen-bond acceptors (Lipinski definition) is 5.